The largest absolute Gasteiger partial charge is 0.493 e. The Kier molecular flexibility index (Phi) is 5.07. The highest BCUT2D eigenvalue weighted by Gasteiger charge is 2.39. The van der Waals surface area contributed by atoms with E-state index in [2.05, 4.69) is 5.32 Å². The monoisotopic (exact) mass is 382 g/mol. The van der Waals surface area contributed by atoms with E-state index in [1.807, 2.05) is 55.5 Å². The van der Waals surface area contributed by atoms with E-state index in [-0.39, 0.29) is 17.7 Å². The third-order valence-corrected chi connectivity index (χ3v) is 6.02. The van der Waals surface area contributed by atoms with Gasteiger partial charge in [-0.3, -0.25) is 9.59 Å². The van der Waals surface area contributed by atoms with Crippen LogP contribution in [0, 0.1) is 6.92 Å². The lowest BCUT2D eigenvalue weighted by atomic mass is 9.91. The van der Waals surface area contributed by atoms with Gasteiger partial charge in [-0.05, 0) is 37.1 Å². The SMILES string of the molecule is Cc1cccc(NC(=O)[C@H]2CSCN2C(=O)[C@@H]2CCOc3ccccc32)c1. The van der Waals surface area contributed by atoms with Crippen LogP contribution in [0.1, 0.15) is 23.5 Å². The number of amides is 2. The van der Waals surface area contributed by atoms with E-state index >= 15 is 0 Å². The molecule has 140 valence electrons. The maximum atomic E-state index is 13.3. The normalized spacial score (nSPS) is 21.3. The number of carbonyl (C=O) groups excluding carboxylic acids is 2. The third-order valence-electron chi connectivity index (χ3n) is 5.01. The van der Waals surface area contributed by atoms with Crippen molar-refractivity contribution in [3.63, 3.8) is 0 Å². The Morgan fingerprint density at radius 3 is 2.89 bits per heavy atom. The number of anilines is 1. The van der Waals surface area contributed by atoms with Crippen LogP contribution in [-0.2, 0) is 9.59 Å². The smallest absolute Gasteiger partial charge is 0.248 e. The molecule has 2 aromatic rings. The second-order valence-corrected chi connectivity index (χ2v) is 7.91. The van der Waals surface area contributed by atoms with Gasteiger partial charge in [0.15, 0.2) is 0 Å². The Balaban J connectivity index is 1.51. The van der Waals surface area contributed by atoms with Crippen molar-refractivity contribution in [2.45, 2.75) is 25.3 Å². The van der Waals surface area contributed by atoms with E-state index in [9.17, 15) is 9.59 Å². The first-order valence-corrected chi connectivity index (χ1v) is 10.3. The van der Waals surface area contributed by atoms with Crippen molar-refractivity contribution in [3.05, 3.63) is 59.7 Å². The first-order valence-electron chi connectivity index (χ1n) is 9.11. The number of aryl methyl sites for hydroxylation is 1. The average Bonchev–Trinajstić information content (AvgIpc) is 3.17. The minimum Gasteiger partial charge on any atom is -0.493 e. The molecule has 1 fully saturated rings. The van der Waals surface area contributed by atoms with E-state index in [1.165, 1.54) is 0 Å². The highest BCUT2D eigenvalue weighted by Crippen LogP contribution is 2.36. The fourth-order valence-corrected chi connectivity index (χ4v) is 4.79. The number of benzene rings is 2. The van der Waals surface area contributed by atoms with Crippen LogP contribution in [-0.4, -0.2) is 41.0 Å². The van der Waals surface area contributed by atoms with Crippen LogP contribution in [0.4, 0.5) is 5.69 Å². The van der Waals surface area contributed by atoms with Crippen molar-refractivity contribution in [1.82, 2.24) is 4.90 Å². The molecule has 0 spiro atoms. The van der Waals surface area contributed by atoms with Crippen LogP contribution in [0.5, 0.6) is 5.75 Å². The Morgan fingerprint density at radius 2 is 2.04 bits per heavy atom. The average molecular weight is 382 g/mol. The van der Waals surface area contributed by atoms with Gasteiger partial charge in [0.2, 0.25) is 11.8 Å². The summed E-state index contributed by atoms with van der Waals surface area (Å²) in [5.74, 6) is 1.58. The van der Waals surface area contributed by atoms with Gasteiger partial charge in [-0.25, -0.2) is 0 Å². The summed E-state index contributed by atoms with van der Waals surface area (Å²) in [7, 11) is 0. The van der Waals surface area contributed by atoms with Crippen molar-refractivity contribution in [2.24, 2.45) is 0 Å². The lowest BCUT2D eigenvalue weighted by molar-refractivity contribution is -0.138. The molecule has 2 atom stereocenters. The van der Waals surface area contributed by atoms with E-state index in [4.69, 9.17) is 4.74 Å². The predicted molar refractivity (Wildman–Crippen MR) is 107 cm³/mol. The summed E-state index contributed by atoms with van der Waals surface area (Å²) in [6.45, 7) is 2.51. The molecular formula is C21H22N2O3S. The van der Waals surface area contributed by atoms with E-state index in [0.29, 0.717) is 24.7 Å². The maximum absolute atomic E-state index is 13.3. The second-order valence-electron chi connectivity index (χ2n) is 6.91. The maximum Gasteiger partial charge on any atom is 0.248 e. The number of nitrogens with one attached hydrogen (secondary N) is 1. The molecule has 6 heteroatoms. The van der Waals surface area contributed by atoms with Crippen molar-refractivity contribution in [3.8, 4) is 5.75 Å². The van der Waals surface area contributed by atoms with E-state index < -0.39 is 6.04 Å². The quantitative estimate of drug-likeness (QED) is 0.884. The molecule has 0 radical (unpaired) electrons. The van der Waals surface area contributed by atoms with E-state index in [0.717, 1.165) is 22.6 Å². The highest BCUT2D eigenvalue weighted by atomic mass is 32.2. The number of carbonyl (C=O) groups is 2. The Morgan fingerprint density at radius 1 is 1.19 bits per heavy atom. The van der Waals surface area contributed by atoms with Gasteiger partial charge in [-0.15, -0.1) is 11.8 Å². The van der Waals surface area contributed by atoms with Crippen molar-refractivity contribution in [2.75, 3.05) is 23.6 Å². The minimum absolute atomic E-state index is 0.0140. The van der Waals surface area contributed by atoms with Crippen molar-refractivity contribution in [1.29, 1.82) is 0 Å². The molecular weight excluding hydrogens is 360 g/mol. The lowest BCUT2D eigenvalue weighted by Crippen LogP contribution is -2.46. The topological polar surface area (TPSA) is 58.6 Å². The fourth-order valence-electron chi connectivity index (χ4n) is 3.62. The Labute approximate surface area is 163 Å². The summed E-state index contributed by atoms with van der Waals surface area (Å²) < 4.78 is 5.68. The van der Waals surface area contributed by atoms with Gasteiger partial charge >= 0.3 is 0 Å². The number of nitrogens with zero attached hydrogens (tertiary/aromatic N) is 1. The van der Waals surface area contributed by atoms with Crippen LogP contribution in [0.15, 0.2) is 48.5 Å². The predicted octanol–water partition coefficient (Wildman–Crippen LogP) is 3.40. The molecule has 27 heavy (non-hydrogen) atoms. The second kappa shape index (κ2) is 7.64. The first-order chi connectivity index (χ1) is 13.1. The van der Waals surface area contributed by atoms with Crippen LogP contribution >= 0.6 is 11.8 Å². The molecule has 0 saturated carbocycles. The van der Waals surface area contributed by atoms with Crippen molar-refractivity contribution >= 4 is 29.3 Å². The van der Waals surface area contributed by atoms with Crippen LogP contribution < -0.4 is 10.1 Å². The molecule has 1 N–H and O–H groups in total. The Hall–Kier alpha value is -2.47. The zero-order valence-electron chi connectivity index (χ0n) is 15.2. The van der Waals surface area contributed by atoms with Crippen LogP contribution in [0.3, 0.4) is 0 Å². The van der Waals surface area contributed by atoms with Gasteiger partial charge in [0.05, 0.1) is 18.4 Å². The van der Waals surface area contributed by atoms with Gasteiger partial charge in [-0.1, -0.05) is 30.3 Å². The summed E-state index contributed by atoms with van der Waals surface area (Å²) in [4.78, 5) is 27.8. The molecule has 4 rings (SSSR count). The van der Waals surface area contributed by atoms with Crippen molar-refractivity contribution < 1.29 is 14.3 Å². The molecule has 2 amide bonds. The zero-order valence-corrected chi connectivity index (χ0v) is 16.0. The fraction of sp³-hybridized carbons (Fsp3) is 0.333. The summed E-state index contributed by atoms with van der Waals surface area (Å²) in [5.41, 5.74) is 2.77. The van der Waals surface area contributed by atoms with Gasteiger partial charge in [0, 0.05) is 17.0 Å². The number of thioether (sulfide) groups is 1. The Bertz CT molecular complexity index is 870. The summed E-state index contributed by atoms with van der Waals surface area (Å²) >= 11 is 1.62. The van der Waals surface area contributed by atoms with E-state index in [1.54, 1.807) is 16.7 Å². The van der Waals surface area contributed by atoms with Crippen LogP contribution in [0.25, 0.3) is 0 Å². The number of ether oxygens (including phenoxy) is 1. The summed E-state index contributed by atoms with van der Waals surface area (Å²) in [6, 6.07) is 14.9. The number of para-hydroxylation sites is 1. The lowest BCUT2D eigenvalue weighted by Gasteiger charge is -2.31. The molecule has 5 nitrogen and oxygen atoms in total. The molecule has 0 aliphatic carbocycles. The number of fused-ring (bicyclic) bond motifs is 1. The molecule has 1 saturated heterocycles. The minimum atomic E-state index is -0.446. The number of rotatable bonds is 3. The van der Waals surface area contributed by atoms with Gasteiger partial charge < -0.3 is 15.0 Å². The molecule has 2 aliphatic heterocycles. The van der Waals surface area contributed by atoms with Crippen LogP contribution in [0.2, 0.25) is 0 Å². The number of hydrogen-bond donors (Lipinski definition) is 1. The molecule has 0 unspecified atom stereocenters. The molecule has 2 heterocycles. The summed E-state index contributed by atoms with van der Waals surface area (Å²) in [6.07, 6.45) is 0.642. The molecule has 0 bridgehead atoms. The molecule has 0 aromatic heterocycles. The van der Waals surface area contributed by atoms with Gasteiger partial charge in [0.25, 0.3) is 0 Å². The highest BCUT2D eigenvalue weighted by molar-refractivity contribution is 7.99. The molecule has 2 aromatic carbocycles. The van der Waals surface area contributed by atoms with Gasteiger partial charge in [0.1, 0.15) is 11.8 Å². The number of hydrogen-bond acceptors (Lipinski definition) is 4. The zero-order chi connectivity index (χ0) is 18.8. The first kappa shape index (κ1) is 17.9. The van der Waals surface area contributed by atoms with Gasteiger partial charge in [-0.2, -0.15) is 0 Å². The summed E-state index contributed by atoms with van der Waals surface area (Å²) in [5, 5.41) is 2.96. The standard InChI is InChI=1S/C21H22N2O3S/c1-14-5-4-6-15(11-14)22-20(24)18-12-27-13-23(18)21(25)17-9-10-26-19-8-3-2-7-16(17)19/h2-8,11,17-18H,9-10,12-13H2,1H3,(H,22,24)/t17-,18-/m1/s1. The third kappa shape index (κ3) is 3.67. The molecule has 2 aliphatic rings.